The number of carbonyl (C=O) groups excluding carboxylic acids is 2. The number of nitrogens with one attached hydrogen (secondary N) is 1. The van der Waals surface area contributed by atoms with Gasteiger partial charge in [-0.25, -0.2) is 15.0 Å². The molecule has 2 amide bonds. The third-order valence-corrected chi connectivity index (χ3v) is 8.01. The molecule has 178 valence electrons. The van der Waals surface area contributed by atoms with Crippen molar-refractivity contribution < 1.29 is 9.59 Å². The largest absolute Gasteiger partial charge is 0.383 e. The summed E-state index contributed by atoms with van der Waals surface area (Å²) in [5.74, 6) is 0.837. The molecule has 1 saturated heterocycles. The van der Waals surface area contributed by atoms with Gasteiger partial charge in [0, 0.05) is 15.9 Å². The van der Waals surface area contributed by atoms with Crippen LogP contribution in [-0.2, 0) is 16.1 Å². The third-order valence-electron chi connectivity index (χ3n) is 7.08. The van der Waals surface area contributed by atoms with Crippen LogP contribution in [0.25, 0.3) is 21.9 Å². The fourth-order valence-electron chi connectivity index (χ4n) is 5.39. The molecule has 0 unspecified atom stereocenters. The molecule has 4 aromatic rings. The first-order chi connectivity index (χ1) is 16.9. The van der Waals surface area contributed by atoms with Crippen LogP contribution in [0.4, 0.5) is 11.6 Å². The van der Waals surface area contributed by atoms with Crippen molar-refractivity contribution in [1.29, 1.82) is 0 Å². The van der Waals surface area contributed by atoms with Gasteiger partial charge in [0.25, 0.3) is 0 Å². The quantitative estimate of drug-likeness (QED) is 0.341. The van der Waals surface area contributed by atoms with Crippen molar-refractivity contribution >= 4 is 77.2 Å². The van der Waals surface area contributed by atoms with E-state index in [2.05, 4.69) is 52.1 Å². The van der Waals surface area contributed by atoms with E-state index < -0.39 is 6.04 Å². The van der Waals surface area contributed by atoms with Crippen LogP contribution in [0.3, 0.4) is 0 Å². The first-order valence-corrected chi connectivity index (χ1v) is 12.9. The summed E-state index contributed by atoms with van der Waals surface area (Å²) in [5, 5.41) is 4.49. The van der Waals surface area contributed by atoms with E-state index in [0.29, 0.717) is 34.2 Å². The van der Waals surface area contributed by atoms with Crippen LogP contribution in [0, 0.1) is 5.92 Å². The maximum atomic E-state index is 13.8. The van der Waals surface area contributed by atoms with Gasteiger partial charge < -0.3 is 20.5 Å². The van der Waals surface area contributed by atoms with Gasteiger partial charge in [0.1, 0.15) is 40.8 Å². The van der Waals surface area contributed by atoms with Crippen LogP contribution in [0.1, 0.15) is 19.3 Å². The highest BCUT2D eigenvalue weighted by atomic mass is 79.9. The van der Waals surface area contributed by atoms with Crippen LogP contribution in [0.15, 0.2) is 51.8 Å². The number of nitrogens with zero attached hydrogens (tertiary/aromatic N) is 5. The molecule has 0 bridgehead atoms. The number of benzene rings is 1. The maximum absolute atomic E-state index is 13.8. The maximum Gasteiger partial charge on any atom is 0.248 e. The number of anilines is 2. The number of carbonyl (C=O) groups is 2. The molecule has 2 aliphatic rings. The van der Waals surface area contributed by atoms with E-state index in [1.165, 1.54) is 6.33 Å². The molecule has 2 fully saturated rings. The number of hydrogen-bond donors (Lipinski definition) is 2. The minimum Gasteiger partial charge on any atom is -0.383 e. The van der Waals surface area contributed by atoms with E-state index in [-0.39, 0.29) is 24.4 Å². The summed E-state index contributed by atoms with van der Waals surface area (Å²) in [4.78, 5) is 41.7. The number of amides is 2. The highest BCUT2D eigenvalue weighted by Crippen LogP contribution is 2.44. The normalized spacial score (nSPS) is 21.2. The highest BCUT2D eigenvalue weighted by Gasteiger charge is 2.51. The summed E-state index contributed by atoms with van der Waals surface area (Å²) in [6, 6.07) is 10.7. The van der Waals surface area contributed by atoms with Crippen molar-refractivity contribution in [1.82, 2.24) is 24.4 Å². The van der Waals surface area contributed by atoms with Crippen molar-refractivity contribution in [3.63, 3.8) is 0 Å². The minimum absolute atomic E-state index is 0.0506. The Labute approximate surface area is 217 Å². The number of pyridine rings is 1. The Bertz CT molecular complexity index is 1500. The topological polar surface area (TPSA) is 119 Å². The van der Waals surface area contributed by atoms with Crippen LogP contribution < -0.4 is 11.1 Å². The molecule has 1 aliphatic heterocycles. The minimum atomic E-state index is -0.541. The summed E-state index contributed by atoms with van der Waals surface area (Å²) < 4.78 is 3.38. The number of rotatable bonds is 4. The average molecular weight is 599 g/mol. The number of nitrogen functional groups attached to an aromatic ring is 1. The summed E-state index contributed by atoms with van der Waals surface area (Å²) in [5.41, 5.74) is 7.62. The molecule has 1 aliphatic carbocycles. The fraction of sp³-hybridized carbons (Fsp3) is 0.292. The highest BCUT2D eigenvalue weighted by molar-refractivity contribution is 9.10. The lowest BCUT2D eigenvalue weighted by molar-refractivity contribution is -0.140. The van der Waals surface area contributed by atoms with Crippen LogP contribution in [0.5, 0.6) is 0 Å². The Morgan fingerprint density at radius 2 is 2.00 bits per heavy atom. The monoisotopic (exact) mass is 597 g/mol. The molecule has 1 aromatic carbocycles. The van der Waals surface area contributed by atoms with E-state index in [9.17, 15) is 9.59 Å². The van der Waals surface area contributed by atoms with Gasteiger partial charge in [0.05, 0.1) is 10.9 Å². The predicted octanol–water partition coefficient (Wildman–Crippen LogP) is 4.10. The number of hydrogen-bond acceptors (Lipinski definition) is 6. The lowest BCUT2D eigenvalue weighted by atomic mass is 9.80. The molecule has 6 rings (SSSR count). The zero-order valence-electron chi connectivity index (χ0n) is 18.5. The number of halogens is 2. The second kappa shape index (κ2) is 8.56. The standard InChI is InChI=1S/C24H21Br2N7O2/c25-13-5-6-14-16(9-13)32(23-21(14)22(27)28-11-29-23)10-20(34)33-15-7-4-12(15)8-17(33)24(35)31-19-3-1-2-18(26)30-19/h1-3,5-6,9,11-12,15,17H,4,7-8,10H2,(H2,27,28,29)(H,30,31,35)/t12-,15-,17+/m1/s1. The van der Waals surface area contributed by atoms with Gasteiger partial charge in [-0.3, -0.25) is 9.59 Å². The molecule has 3 atom stereocenters. The van der Waals surface area contributed by atoms with E-state index >= 15 is 0 Å². The van der Waals surface area contributed by atoms with Crippen LogP contribution in [0.2, 0.25) is 0 Å². The average Bonchev–Trinajstić information content (AvgIpc) is 3.25. The van der Waals surface area contributed by atoms with E-state index in [1.54, 1.807) is 17.0 Å². The summed E-state index contributed by atoms with van der Waals surface area (Å²) >= 11 is 6.86. The molecule has 0 spiro atoms. The van der Waals surface area contributed by atoms with Crippen LogP contribution in [-0.4, -0.2) is 48.3 Å². The number of likely N-dealkylation sites (tertiary alicyclic amines) is 1. The van der Waals surface area contributed by atoms with Gasteiger partial charge in [-0.2, -0.15) is 0 Å². The molecule has 9 nitrogen and oxygen atoms in total. The van der Waals surface area contributed by atoms with Gasteiger partial charge in [0.15, 0.2) is 0 Å². The van der Waals surface area contributed by atoms with Crippen molar-refractivity contribution in [2.45, 2.75) is 37.9 Å². The Hall–Kier alpha value is -3.05. The molecule has 11 heteroatoms. The first-order valence-electron chi connectivity index (χ1n) is 11.3. The molecule has 0 radical (unpaired) electrons. The predicted molar refractivity (Wildman–Crippen MR) is 139 cm³/mol. The first kappa shape index (κ1) is 22.4. The molecular formula is C24H21Br2N7O2. The summed E-state index contributed by atoms with van der Waals surface area (Å²) in [6.07, 6.45) is 4.00. The van der Waals surface area contributed by atoms with Gasteiger partial charge in [-0.1, -0.05) is 28.1 Å². The molecule has 3 aromatic heterocycles. The molecular weight excluding hydrogens is 578 g/mol. The Balaban J connectivity index is 1.34. The van der Waals surface area contributed by atoms with Crippen molar-refractivity contribution in [2.24, 2.45) is 5.92 Å². The van der Waals surface area contributed by atoms with Gasteiger partial charge in [0.2, 0.25) is 11.8 Å². The Kier molecular flexibility index (Phi) is 5.48. The van der Waals surface area contributed by atoms with E-state index in [1.807, 2.05) is 28.8 Å². The smallest absolute Gasteiger partial charge is 0.248 e. The SMILES string of the molecule is Nc1ncnc2c1c1ccc(Br)cc1n2CC(=O)N1[C@@H]2CC[C@@H]2C[C@H]1C(=O)Nc1cccc(Br)n1. The summed E-state index contributed by atoms with van der Waals surface area (Å²) in [6.45, 7) is 0.0506. The molecule has 1 saturated carbocycles. The van der Waals surface area contributed by atoms with Gasteiger partial charge in [-0.15, -0.1) is 0 Å². The Morgan fingerprint density at radius 3 is 2.77 bits per heavy atom. The second-order valence-electron chi connectivity index (χ2n) is 9.00. The molecule has 3 N–H and O–H groups in total. The number of fused-ring (bicyclic) bond motifs is 4. The number of aromatic nitrogens is 4. The number of nitrogens with two attached hydrogens (primary N) is 1. The zero-order chi connectivity index (χ0) is 24.3. The lowest BCUT2D eigenvalue weighted by Gasteiger charge is -2.37. The van der Waals surface area contributed by atoms with Gasteiger partial charge >= 0.3 is 0 Å². The van der Waals surface area contributed by atoms with Crippen molar-refractivity contribution in [3.8, 4) is 0 Å². The second-order valence-corrected chi connectivity index (χ2v) is 10.7. The molecule has 35 heavy (non-hydrogen) atoms. The van der Waals surface area contributed by atoms with E-state index in [0.717, 1.165) is 33.6 Å². The van der Waals surface area contributed by atoms with E-state index in [4.69, 9.17) is 5.73 Å². The zero-order valence-corrected chi connectivity index (χ0v) is 21.7. The third kappa shape index (κ3) is 3.77. The Morgan fingerprint density at radius 1 is 1.14 bits per heavy atom. The van der Waals surface area contributed by atoms with Crippen molar-refractivity contribution in [3.05, 3.63) is 51.8 Å². The van der Waals surface area contributed by atoms with Crippen molar-refractivity contribution in [2.75, 3.05) is 11.1 Å². The molecule has 4 heterocycles. The fourth-order valence-corrected chi connectivity index (χ4v) is 6.08. The lowest BCUT2D eigenvalue weighted by Crippen LogP contribution is -2.50. The van der Waals surface area contributed by atoms with Gasteiger partial charge in [-0.05, 0) is 65.4 Å². The van der Waals surface area contributed by atoms with Crippen LogP contribution >= 0.6 is 31.9 Å². The summed E-state index contributed by atoms with van der Waals surface area (Å²) in [7, 11) is 0.